The molecule has 1 aliphatic rings. The van der Waals surface area contributed by atoms with E-state index < -0.39 is 11.8 Å². The maximum atomic E-state index is 12.9. The molecule has 0 bridgehead atoms. The molecule has 1 amide bonds. The summed E-state index contributed by atoms with van der Waals surface area (Å²) in [5, 5.41) is 2.60. The lowest BCUT2D eigenvalue weighted by molar-refractivity contribution is -0.126. The highest BCUT2D eigenvalue weighted by Gasteiger charge is 2.42. The van der Waals surface area contributed by atoms with Crippen LogP contribution in [0.1, 0.15) is 25.0 Å². The first-order valence-electron chi connectivity index (χ1n) is 5.25. The molecular formula is C11H13F2NO2. The predicted molar refractivity (Wildman–Crippen MR) is 52.8 cm³/mol. The van der Waals surface area contributed by atoms with Crippen LogP contribution in [0.4, 0.5) is 8.78 Å². The van der Waals surface area contributed by atoms with Crippen LogP contribution in [-0.4, -0.2) is 11.8 Å². The summed E-state index contributed by atoms with van der Waals surface area (Å²) in [7, 11) is 0. The smallest absolute Gasteiger partial charge is 0.248 e. The molecule has 0 radical (unpaired) electrons. The molecule has 5 heteroatoms. The van der Waals surface area contributed by atoms with E-state index >= 15 is 0 Å². The first kappa shape index (κ1) is 11.1. The molecule has 0 unspecified atom stereocenters. The van der Waals surface area contributed by atoms with Crippen molar-refractivity contribution in [3.8, 4) is 0 Å². The zero-order valence-corrected chi connectivity index (χ0v) is 8.71. The normalized spacial score (nSPS) is 23.2. The number of hydrogen-bond donors (Lipinski definition) is 1. The van der Waals surface area contributed by atoms with Crippen LogP contribution in [0.15, 0.2) is 22.8 Å². The molecular weight excluding hydrogens is 216 g/mol. The highest BCUT2D eigenvalue weighted by molar-refractivity contribution is 5.78. The Bertz CT molecular complexity index is 362. The topological polar surface area (TPSA) is 42.2 Å². The monoisotopic (exact) mass is 229 g/mol. The highest BCUT2D eigenvalue weighted by Crippen LogP contribution is 2.38. The second-order valence-corrected chi connectivity index (χ2v) is 4.09. The Balaban J connectivity index is 1.81. The van der Waals surface area contributed by atoms with Crippen molar-refractivity contribution in [2.24, 2.45) is 5.92 Å². The number of rotatable bonds is 3. The van der Waals surface area contributed by atoms with Gasteiger partial charge in [0.05, 0.1) is 12.8 Å². The lowest BCUT2D eigenvalue weighted by atomic mass is 10.1. The van der Waals surface area contributed by atoms with Gasteiger partial charge >= 0.3 is 0 Å². The van der Waals surface area contributed by atoms with Gasteiger partial charge in [-0.3, -0.25) is 4.79 Å². The Hall–Kier alpha value is -1.39. The van der Waals surface area contributed by atoms with E-state index in [0.29, 0.717) is 5.76 Å². The average Bonchev–Trinajstić information content (AvgIpc) is 2.83. The van der Waals surface area contributed by atoms with Gasteiger partial charge in [-0.25, -0.2) is 8.78 Å². The summed E-state index contributed by atoms with van der Waals surface area (Å²) in [5.41, 5.74) is 0. The average molecular weight is 229 g/mol. The standard InChI is InChI=1S/C11H13F2NO2/c12-11(13)4-3-8(6-11)10(15)14-7-9-2-1-5-16-9/h1-2,5,8H,3-4,6-7H2,(H,14,15)/t8-/m0/s1. The number of amides is 1. The van der Waals surface area contributed by atoms with E-state index in [9.17, 15) is 13.6 Å². The van der Waals surface area contributed by atoms with Crippen molar-refractivity contribution in [1.82, 2.24) is 5.32 Å². The minimum absolute atomic E-state index is 0.189. The maximum absolute atomic E-state index is 12.9. The summed E-state index contributed by atoms with van der Waals surface area (Å²) < 4.78 is 30.8. The van der Waals surface area contributed by atoms with Gasteiger partial charge in [-0.1, -0.05) is 0 Å². The van der Waals surface area contributed by atoms with Crippen LogP contribution < -0.4 is 5.32 Å². The fourth-order valence-electron chi connectivity index (χ4n) is 1.91. The van der Waals surface area contributed by atoms with E-state index in [1.54, 1.807) is 12.1 Å². The van der Waals surface area contributed by atoms with E-state index in [4.69, 9.17) is 4.42 Å². The van der Waals surface area contributed by atoms with Gasteiger partial charge < -0.3 is 9.73 Å². The Morgan fingerprint density at radius 3 is 3.00 bits per heavy atom. The van der Waals surface area contributed by atoms with Crippen LogP contribution in [0.5, 0.6) is 0 Å². The molecule has 1 aromatic heterocycles. The van der Waals surface area contributed by atoms with Crippen LogP contribution in [-0.2, 0) is 11.3 Å². The van der Waals surface area contributed by atoms with E-state index in [2.05, 4.69) is 5.32 Å². The molecule has 0 spiro atoms. The molecule has 0 aromatic carbocycles. The second kappa shape index (κ2) is 4.23. The fourth-order valence-corrected chi connectivity index (χ4v) is 1.91. The van der Waals surface area contributed by atoms with Crippen molar-refractivity contribution in [2.75, 3.05) is 0 Å². The van der Waals surface area contributed by atoms with Crippen molar-refractivity contribution in [1.29, 1.82) is 0 Å². The Morgan fingerprint density at radius 1 is 1.62 bits per heavy atom. The number of carbonyl (C=O) groups excluding carboxylic acids is 1. The summed E-state index contributed by atoms with van der Waals surface area (Å²) in [6.07, 6.45) is 1.24. The molecule has 3 nitrogen and oxygen atoms in total. The molecule has 1 heterocycles. The SMILES string of the molecule is O=C(NCc1ccco1)[C@H]1CCC(F)(F)C1. The number of carbonyl (C=O) groups is 1. The minimum atomic E-state index is -2.67. The summed E-state index contributed by atoms with van der Waals surface area (Å²) in [6, 6.07) is 3.44. The summed E-state index contributed by atoms with van der Waals surface area (Å²) in [4.78, 5) is 11.5. The molecule has 88 valence electrons. The van der Waals surface area contributed by atoms with Gasteiger partial charge in [0.1, 0.15) is 5.76 Å². The van der Waals surface area contributed by atoms with Crippen molar-refractivity contribution < 1.29 is 18.0 Å². The fraction of sp³-hybridized carbons (Fsp3) is 0.545. The predicted octanol–water partition coefficient (Wildman–Crippen LogP) is 2.33. The summed E-state index contributed by atoms with van der Waals surface area (Å²) in [5.74, 6) is -2.93. The van der Waals surface area contributed by atoms with Crippen LogP contribution in [0.3, 0.4) is 0 Å². The highest BCUT2D eigenvalue weighted by atomic mass is 19.3. The third kappa shape index (κ3) is 2.59. The zero-order valence-electron chi connectivity index (χ0n) is 8.71. The van der Waals surface area contributed by atoms with Gasteiger partial charge in [0.15, 0.2) is 0 Å². The van der Waals surface area contributed by atoms with Crippen LogP contribution in [0, 0.1) is 5.92 Å². The molecule has 2 rings (SSSR count). The number of nitrogens with one attached hydrogen (secondary N) is 1. The van der Waals surface area contributed by atoms with Crippen molar-refractivity contribution in [3.63, 3.8) is 0 Å². The van der Waals surface area contributed by atoms with E-state index in [1.165, 1.54) is 6.26 Å². The molecule has 1 aliphatic carbocycles. The summed E-state index contributed by atoms with van der Waals surface area (Å²) >= 11 is 0. The molecule has 0 saturated heterocycles. The third-order valence-corrected chi connectivity index (χ3v) is 2.79. The lowest BCUT2D eigenvalue weighted by Gasteiger charge is -2.10. The van der Waals surface area contributed by atoms with Gasteiger partial charge in [-0.2, -0.15) is 0 Å². The number of halogens is 2. The molecule has 1 atom stereocenters. The summed E-state index contributed by atoms with van der Waals surface area (Å²) in [6.45, 7) is 0.258. The van der Waals surface area contributed by atoms with Crippen molar-refractivity contribution >= 4 is 5.91 Å². The molecule has 16 heavy (non-hydrogen) atoms. The lowest BCUT2D eigenvalue weighted by Crippen LogP contribution is -2.29. The van der Waals surface area contributed by atoms with Gasteiger partial charge in [0.2, 0.25) is 11.8 Å². The first-order valence-corrected chi connectivity index (χ1v) is 5.25. The van der Waals surface area contributed by atoms with Gasteiger partial charge in [0.25, 0.3) is 0 Å². The molecule has 1 fully saturated rings. The number of alkyl halides is 2. The third-order valence-electron chi connectivity index (χ3n) is 2.79. The molecule has 1 saturated carbocycles. The zero-order chi connectivity index (χ0) is 11.6. The minimum Gasteiger partial charge on any atom is -0.467 e. The molecule has 1 N–H and O–H groups in total. The van der Waals surface area contributed by atoms with Crippen molar-refractivity contribution in [3.05, 3.63) is 24.2 Å². The Morgan fingerprint density at radius 2 is 2.44 bits per heavy atom. The van der Waals surface area contributed by atoms with Gasteiger partial charge in [0, 0.05) is 18.8 Å². The quantitative estimate of drug-likeness (QED) is 0.864. The number of hydrogen-bond acceptors (Lipinski definition) is 2. The molecule has 1 aromatic rings. The Labute approximate surface area is 91.8 Å². The molecule has 0 aliphatic heterocycles. The van der Waals surface area contributed by atoms with Crippen LogP contribution >= 0.6 is 0 Å². The van der Waals surface area contributed by atoms with E-state index in [1.807, 2.05) is 0 Å². The largest absolute Gasteiger partial charge is 0.467 e. The van der Waals surface area contributed by atoms with Crippen LogP contribution in [0.25, 0.3) is 0 Å². The van der Waals surface area contributed by atoms with Crippen molar-refractivity contribution in [2.45, 2.75) is 31.7 Å². The van der Waals surface area contributed by atoms with Gasteiger partial charge in [-0.15, -0.1) is 0 Å². The van der Waals surface area contributed by atoms with E-state index in [0.717, 1.165) is 0 Å². The van der Waals surface area contributed by atoms with Gasteiger partial charge in [-0.05, 0) is 18.6 Å². The number of furan rings is 1. The maximum Gasteiger partial charge on any atom is 0.248 e. The Kier molecular flexibility index (Phi) is 2.94. The second-order valence-electron chi connectivity index (χ2n) is 4.09. The first-order chi connectivity index (χ1) is 7.57. The van der Waals surface area contributed by atoms with E-state index in [-0.39, 0.29) is 31.7 Å². The van der Waals surface area contributed by atoms with Crippen LogP contribution in [0.2, 0.25) is 0 Å².